The van der Waals surface area contributed by atoms with Gasteiger partial charge in [0.25, 0.3) is 0 Å². The normalized spacial score (nSPS) is 9.71. The summed E-state index contributed by atoms with van der Waals surface area (Å²) in [5.74, 6) is -1.45. The van der Waals surface area contributed by atoms with E-state index >= 15 is 0 Å². The molecule has 0 radical (unpaired) electrons. The maximum absolute atomic E-state index is 10.6. The van der Waals surface area contributed by atoms with Crippen molar-refractivity contribution in [2.24, 2.45) is 0 Å². The van der Waals surface area contributed by atoms with Crippen LogP contribution < -0.4 is 29.7 Å². The Hall–Kier alpha value is -1.51. The first kappa shape index (κ1) is 10.6. The van der Waals surface area contributed by atoms with Crippen molar-refractivity contribution in [3.05, 3.63) is 24.0 Å². The maximum Gasteiger partial charge on any atom is 1.00 e. The first-order chi connectivity index (χ1) is 6.20. The summed E-state index contributed by atoms with van der Waals surface area (Å²) in [4.78, 5) is 14.4. The van der Waals surface area contributed by atoms with Gasteiger partial charge in [-0.3, -0.25) is 0 Å². The standard InChI is InChI=1S/C7H6N4O2.Li/c8-5-4(7(12)13)6-9-2-1-3-11(6)10-5;/h1-3H,(H2,8,10)(H,12,13);/q;+1/p-1. The minimum atomic E-state index is -1.37. The van der Waals surface area contributed by atoms with Crippen LogP contribution in [0, 0.1) is 0 Å². The predicted molar refractivity (Wildman–Crippen MR) is 41.7 cm³/mol. The van der Waals surface area contributed by atoms with E-state index in [1.54, 1.807) is 12.3 Å². The number of nitrogen functional groups attached to an aromatic ring is 1. The smallest absolute Gasteiger partial charge is 0.545 e. The number of carboxylic acids is 1. The molecule has 0 unspecified atom stereocenters. The Balaban J connectivity index is 0.000000980. The van der Waals surface area contributed by atoms with Gasteiger partial charge in [0.05, 0.1) is 11.5 Å². The number of rotatable bonds is 1. The summed E-state index contributed by atoms with van der Waals surface area (Å²) in [6.07, 6.45) is 3.02. The van der Waals surface area contributed by atoms with Crippen LogP contribution >= 0.6 is 0 Å². The third-order valence-corrected chi connectivity index (χ3v) is 1.63. The van der Waals surface area contributed by atoms with E-state index in [4.69, 9.17) is 5.73 Å². The van der Waals surface area contributed by atoms with Crippen LogP contribution in [0.1, 0.15) is 10.4 Å². The first-order valence-corrected chi connectivity index (χ1v) is 3.50. The van der Waals surface area contributed by atoms with E-state index in [1.165, 1.54) is 10.7 Å². The van der Waals surface area contributed by atoms with Crippen LogP contribution in [0.2, 0.25) is 0 Å². The van der Waals surface area contributed by atoms with E-state index in [2.05, 4.69) is 10.1 Å². The SMILES string of the molecule is Nc1nn2cccnc2c1C(=O)[O-].[Li+]. The van der Waals surface area contributed by atoms with Gasteiger partial charge < -0.3 is 15.6 Å². The van der Waals surface area contributed by atoms with Crippen LogP contribution in [0.4, 0.5) is 5.82 Å². The fourth-order valence-corrected chi connectivity index (χ4v) is 1.10. The molecule has 0 aliphatic carbocycles. The molecule has 0 aliphatic rings. The van der Waals surface area contributed by atoms with Crippen molar-refractivity contribution in [2.45, 2.75) is 0 Å². The van der Waals surface area contributed by atoms with Crippen molar-refractivity contribution < 1.29 is 28.8 Å². The fraction of sp³-hybridized carbons (Fsp3) is 0. The van der Waals surface area contributed by atoms with E-state index in [1.807, 2.05) is 0 Å². The van der Waals surface area contributed by atoms with Crippen LogP contribution in [0.25, 0.3) is 5.65 Å². The van der Waals surface area contributed by atoms with Gasteiger partial charge in [-0.1, -0.05) is 0 Å². The summed E-state index contributed by atoms with van der Waals surface area (Å²) in [6, 6.07) is 1.62. The molecule has 0 saturated heterocycles. The second-order valence-corrected chi connectivity index (χ2v) is 2.44. The summed E-state index contributed by atoms with van der Waals surface area (Å²) in [5.41, 5.74) is 5.39. The van der Waals surface area contributed by atoms with Gasteiger partial charge in [0, 0.05) is 12.4 Å². The van der Waals surface area contributed by atoms with Gasteiger partial charge in [-0.05, 0) is 6.07 Å². The molecule has 2 aromatic rings. The van der Waals surface area contributed by atoms with E-state index in [-0.39, 0.29) is 35.9 Å². The van der Waals surface area contributed by atoms with Crippen LogP contribution in [0.3, 0.4) is 0 Å². The van der Waals surface area contributed by atoms with Gasteiger partial charge >= 0.3 is 18.9 Å². The van der Waals surface area contributed by atoms with E-state index in [0.717, 1.165) is 0 Å². The van der Waals surface area contributed by atoms with Gasteiger partial charge in [0.2, 0.25) is 0 Å². The molecule has 0 spiro atoms. The molecule has 0 fully saturated rings. The van der Waals surface area contributed by atoms with Crippen LogP contribution in [0.15, 0.2) is 18.5 Å². The number of fused-ring (bicyclic) bond motifs is 1. The van der Waals surface area contributed by atoms with Gasteiger partial charge in [-0.25, -0.2) is 9.50 Å². The number of hydrogen-bond acceptors (Lipinski definition) is 5. The van der Waals surface area contributed by atoms with Gasteiger partial charge in [0.15, 0.2) is 11.5 Å². The summed E-state index contributed by atoms with van der Waals surface area (Å²) in [6.45, 7) is 0. The molecule has 0 aromatic carbocycles. The average Bonchev–Trinajstić information content (AvgIpc) is 2.39. The number of carbonyl (C=O) groups excluding carboxylic acids is 1. The Labute approximate surface area is 90.9 Å². The molecule has 2 N–H and O–H groups in total. The minimum absolute atomic E-state index is 0. The summed E-state index contributed by atoms with van der Waals surface area (Å²) in [7, 11) is 0. The molecule has 66 valence electrons. The quantitative estimate of drug-likeness (QED) is 0.452. The number of anilines is 1. The summed E-state index contributed by atoms with van der Waals surface area (Å²) < 4.78 is 1.29. The molecule has 2 aromatic heterocycles. The molecule has 0 bridgehead atoms. The molecule has 0 amide bonds. The van der Waals surface area contributed by atoms with Crippen molar-refractivity contribution in [3.8, 4) is 0 Å². The number of aromatic carboxylic acids is 1. The number of nitrogens with two attached hydrogens (primary N) is 1. The number of hydrogen-bond donors (Lipinski definition) is 1. The van der Waals surface area contributed by atoms with E-state index in [0.29, 0.717) is 0 Å². The molecule has 14 heavy (non-hydrogen) atoms. The number of nitrogens with zero attached hydrogens (tertiary/aromatic N) is 3. The maximum atomic E-state index is 10.6. The van der Waals surface area contributed by atoms with Crippen LogP contribution in [-0.2, 0) is 0 Å². The number of carboxylic acid groups (broad SMARTS) is 1. The summed E-state index contributed by atoms with van der Waals surface area (Å²) >= 11 is 0. The first-order valence-electron chi connectivity index (χ1n) is 3.50. The molecule has 0 saturated carbocycles. The molecule has 0 aliphatic heterocycles. The number of aromatic nitrogens is 3. The monoisotopic (exact) mass is 184 g/mol. The van der Waals surface area contributed by atoms with Crippen molar-refractivity contribution in [3.63, 3.8) is 0 Å². The molecule has 6 nitrogen and oxygen atoms in total. The zero-order valence-electron chi connectivity index (χ0n) is 7.47. The molecule has 0 atom stereocenters. The van der Waals surface area contributed by atoms with Crippen LogP contribution in [0.5, 0.6) is 0 Å². The zero-order valence-corrected chi connectivity index (χ0v) is 7.47. The second kappa shape index (κ2) is 3.70. The van der Waals surface area contributed by atoms with Gasteiger partial charge in [-0.2, -0.15) is 0 Å². The Bertz CT molecular complexity index is 481. The van der Waals surface area contributed by atoms with Crippen LogP contribution in [-0.4, -0.2) is 20.6 Å². The van der Waals surface area contributed by atoms with Crippen molar-refractivity contribution in [1.29, 1.82) is 0 Å². The fourth-order valence-electron chi connectivity index (χ4n) is 1.10. The Kier molecular flexibility index (Phi) is 2.79. The molecule has 7 heteroatoms. The van der Waals surface area contributed by atoms with Crippen molar-refractivity contribution in [2.75, 3.05) is 5.73 Å². The largest absolute Gasteiger partial charge is 1.00 e. The third-order valence-electron chi connectivity index (χ3n) is 1.63. The molecular formula is C7H5LiN4O2. The second-order valence-electron chi connectivity index (χ2n) is 2.44. The summed E-state index contributed by atoms with van der Waals surface area (Å²) in [5, 5.41) is 14.4. The Morgan fingerprint density at radius 3 is 2.93 bits per heavy atom. The van der Waals surface area contributed by atoms with E-state index < -0.39 is 5.97 Å². The third kappa shape index (κ3) is 1.45. The zero-order chi connectivity index (χ0) is 9.42. The average molecular weight is 184 g/mol. The minimum Gasteiger partial charge on any atom is -0.545 e. The predicted octanol–water partition coefficient (Wildman–Crippen LogP) is -4.32. The van der Waals surface area contributed by atoms with Crippen molar-refractivity contribution in [1.82, 2.24) is 14.6 Å². The van der Waals surface area contributed by atoms with Gasteiger partial charge in [0.1, 0.15) is 0 Å². The molecule has 2 rings (SSSR count). The molecule has 2 heterocycles. The van der Waals surface area contributed by atoms with Crippen molar-refractivity contribution >= 4 is 17.4 Å². The topological polar surface area (TPSA) is 96.3 Å². The van der Waals surface area contributed by atoms with Gasteiger partial charge in [-0.15, -0.1) is 5.10 Å². The number of carbonyl (C=O) groups is 1. The Morgan fingerprint density at radius 1 is 1.57 bits per heavy atom. The van der Waals surface area contributed by atoms with E-state index in [9.17, 15) is 9.90 Å². The Morgan fingerprint density at radius 2 is 2.29 bits per heavy atom. The molecular weight excluding hydrogens is 179 g/mol.